The lowest BCUT2D eigenvalue weighted by Gasteiger charge is -2.34. The molecule has 0 aromatic heterocycles. The van der Waals surface area contributed by atoms with Crippen molar-refractivity contribution in [1.82, 2.24) is 10.2 Å². The molecule has 2 fully saturated rings. The smallest absolute Gasteiger partial charge is 0.323 e. The molecule has 2 saturated heterocycles. The van der Waals surface area contributed by atoms with Gasteiger partial charge in [-0.3, -0.25) is 14.5 Å². The lowest BCUT2D eigenvalue weighted by atomic mass is 10.0. The number of esters is 1. The van der Waals surface area contributed by atoms with Gasteiger partial charge in [-0.2, -0.15) is 0 Å². The third-order valence-electron chi connectivity index (χ3n) is 4.11. The maximum Gasteiger partial charge on any atom is 0.323 e. The fourth-order valence-electron chi connectivity index (χ4n) is 2.99. The molecule has 6 heteroatoms. The van der Waals surface area contributed by atoms with Crippen molar-refractivity contribution in [3.8, 4) is 0 Å². The highest BCUT2D eigenvalue weighted by molar-refractivity contribution is 5.80. The molecule has 0 saturated carbocycles. The number of hydrogen-bond donors (Lipinski definition) is 1. The Morgan fingerprint density at radius 3 is 2.71 bits per heavy atom. The zero-order valence-corrected chi connectivity index (χ0v) is 12.8. The first kappa shape index (κ1) is 16.2. The molecule has 0 aliphatic carbocycles. The van der Waals surface area contributed by atoms with Crippen LogP contribution in [0.5, 0.6) is 0 Å². The first-order valence-corrected chi connectivity index (χ1v) is 7.98. The van der Waals surface area contributed by atoms with Gasteiger partial charge in [0.05, 0.1) is 13.2 Å². The Kier molecular flexibility index (Phi) is 6.45. The van der Waals surface area contributed by atoms with Gasteiger partial charge in [0.25, 0.3) is 0 Å². The van der Waals surface area contributed by atoms with E-state index in [1.165, 1.54) is 0 Å². The van der Waals surface area contributed by atoms with Crippen LogP contribution in [0.4, 0.5) is 0 Å². The fraction of sp³-hybridized carbons (Fsp3) is 0.867. The van der Waals surface area contributed by atoms with E-state index in [9.17, 15) is 9.59 Å². The number of nitrogens with zero attached hydrogens (tertiary/aromatic N) is 1. The fourth-order valence-corrected chi connectivity index (χ4v) is 2.99. The van der Waals surface area contributed by atoms with Crippen molar-refractivity contribution in [3.05, 3.63) is 0 Å². The topological polar surface area (TPSA) is 67.9 Å². The van der Waals surface area contributed by atoms with Crippen molar-refractivity contribution in [2.24, 2.45) is 0 Å². The summed E-state index contributed by atoms with van der Waals surface area (Å²) in [5.41, 5.74) is 0. The van der Waals surface area contributed by atoms with Crippen LogP contribution in [-0.4, -0.2) is 61.8 Å². The van der Waals surface area contributed by atoms with Gasteiger partial charge in [-0.15, -0.1) is 0 Å². The molecule has 21 heavy (non-hydrogen) atoms. The summed E-state index contributed by atoms with van der Waals surface area (Å²) in [5, 5.41) is 3.04. The van der Waals surface area contributed by atoms with Gasteiger partial charge in [-0.05, 0) is 39.2 Å². The summed E-state index contributed by atoms with van der Waals surface area (Å²) in [7, 11) is 0. The first-order chi connectivity index (χ1) is 10.2. The number of rotatable bonds is 5. The number of likely N-dealkylation sites (tertiary alicyclic amines) is 1. The Morgan fingerprint density at radius 1 is 1.24 bits per heavy atom. The second-order valence-electron chi connectivity index (χ2n) is 5.69. The molecule has 0 radical (unpaired) electrons. The lowest BCUT2D eigenvalue weighted by Crippen LogP contribution is -2.51. The number of piperidine rings is 1. The molecular weight excluding hydrogens is 272 g/mol. The molecular formula is C15H26N2O4. The quantitative estimate of drug-likeness (QED) is 0.757. The maximum atomic E-state index is 12.2. The Morgan fingerprint density at radius 2 is 2.00 bits per heavy atom. The molecule has 2 aliphatic rings. The predicted octanol–water partition coefficient (Wildman–Crippen LogP) is 0.699. The minimum atomic E-state index is -0.265. The molecule has 1 N–H and O–H groups in total. The van der Waals surface area contributed by atoms with E-state index in [4.69, 9.17) is 9.47 Å². The molecule has 1 unspecified atom stereocenters. The summed E-state index contributed by atoms with van der Waals surface area (Å²) >= 11 is 0. The van der Waals surface area contributed by atoms with Crippen LogP contribution in [0.2, 0.25) is 0 Å². The average molecular weight is 298 g/mol. The van der Waals surface area contributed by atoms with Gasteiger partial charge < -0.3 is 14.8 Å². The number of nitrogens with one attached hydrogen (secondary N) is 1. The van der Waals surface area contributed by atoms with Crippen LogP contribution in [0.25, 0.3) is 0 Å². The van der Waals surface area contributed by atoms with E-state index in [2.05, 4.69) is 5.32 Å². The molecule has 1 amide bonds. The van der Waals surface area contributed by atoms with Gasteiger partial charge in [0.15, 0.2) is 0 Å². The Bertz CT molecular complexity index is 356. The van der Waals surface area contributed by atoms with Crippen LogP contribution in [0.15, 0.2) is 0 Å². The number of ether oxygens (including phenoxy) is 2. The highest BCUT2D eigenvalue weighted by atomic mass is 16.5. The van der Waals surface area contributed by atoms with Crippen LogP contribution in [-0.2, 0) is 19.1 Å². The van der Waals surface area contributed by atoms with E-state index in [0.29, 0.717) is 19.8 Å². The summed E-state index contributed by atoms with van der Waals surface area (Å²) in [4.78, 5) is 26.1. The molecule has 1 atom stereocenters. The van der Waals surface area contributed by atoms with E-state index in [1.807, 2.05) is 11.8 Å². The van der Waals surface area contributed by atoms with E-state index < -0.39 is 0 Å². The summed E-state index contributed by atoms with van der Waals surface area (Å²) in [5.74, 6) is -0.200. The van der Waals surface area contributed by atoms with Gasteiger partial charge in [0.1, 0.15) is 6.04 Å². The monoisotopic (exact) mass is 298 g/mol. The lowest BCUT2D eigenvalue weighted by molar-refractivity contribution is -0.151. The molecule has 120 valence electrons. The summed E-state index contributed by atoms with van der Waals surface area (Å²) in [6.07, 6.45) is 4.56. The van der Waals surface area contributed by atoms with Gasteiger partial charge in [-0.1, -0.05) is 6.42 Å². The molecule has 2 rings (SSSR count). The molecule has 0 spiro atoms. The van der Waals surface area contributed by atoms with E-state index in [1.54, 1.807) is 0 Å². The molecule has 0 aromatic carbocycles. The third kappa shape index (κ3) is 4.97. The highest BCUT2D eigenvalue weighted by Crippen LogP contribution is 2.18. The van der Waals surface area contributed by atoms with E-state index in [0.717, 1.165) is 38.6 Å². The third-order valence-corrected chi connectivity index (χ3v) is 4.11. The van der Waals surface area contributed by atoms with Crippen LogP contribution in [0.1, 0.15) is 39.0 Å². The van der Waals surface area contributed by atoms with Gasteiger partial charge >= 0.3 is 5.97 Å². The Labute approximate surface area is 126 Å². The van der Waals surface area contributed by atoms with Crippen LogP contribution in [0, 0.1) is 0 Å². The summed E-state index contributed by atoms with van der Waals surface area (Å²) in [6, 6.07) is -0.0591. The van der Waals surface area contributed by atoms with Crippen molar-refractivity contribution in [2.75, 3.05) is 32.9 Å². The van der Waals surface area contributed by atoms with Gasteiger partial charge in [-0.25, -0.2) is 0 Å². The van der Waals surface area contributed by atoms with Crippen LogP contribution >= 0.6 is 0 Å². The summed E-state index contributed by atoms with van der Waals surface area (Å²) < 4.78 is 10.4. The van der Waals surface area contributed by atoms with Crippen molar-refractivity contribution in [1.29, 1.82) is 0 Å². The largest absolute Gasteiger partial charge is 0.465 e. The maximum absolute atomic E-state index is 12.2. The normalized spacial score (nSPS) is 24.5. The SMILES string of the molecule is CCOC(=O)C1CCCCN1CC(=O)NC1CCOCC1. The van der Waals surface area contributed by atoms with Crippen molar-refractivity contribution < 1.29 is 19.1 Å². The zero-order chi connectivity index (χ0) is 15.1. The van der Waals surface area contributed by atoms with Crippen LogP contribution < -0.4 is 5.32 Å². The minimum Gasteiger partial charge on any atom is -0.465 e. The number of amides is 1. The highest BCUT2D eigenvalue weighted by Gasteiger charge is 2.31. The first-order valence-electron chi connectivity index (χ1n) is 7.98. The second kappa shape index (κ2) is 8.34. The molecule has 6 nitrogen and oxygen atoms in total. The van der Waals surface area contributed by atoms with Crippen molar-refractivity contribution >= 4 is 11.9 Å². The molecule has 2 aliphatic heterocycles. The van der Waals surface area contributed by atoms with Gasteiger partial charge in [0, 0.05) is 19.3 Å². The molecule has 2 heterocycles. The van der Waals surface area contributed by atoms with Crippen LogP contribution in [0.3, 0.4) is 0 Å². The predicted molar refractivity (Wildman–Crippen MR) is 77.8 cm³/mol. The Hall–Kier alpha value is -1.14. The van der Waals surface area contributed by atoms with Crippen molar-refractivity contribution in [2.45, 2.75) is 51.1 Å². The second-order valence-corrected chi connectivity index (χ2v) is 5.69. The number of carbonyl (C=O) groups excluding carboxylic acids is 2. The van der Waals surface area contributed by atoms with Gasteiger partial charge in [0.2, 0.25) is 5.91 Å². The average Bonchev–Trinajstić information content (AvgIpc) is 2.49. The van der Waals surface area contributed by atoms with Crippen molar-refractivity contribution in [3.63, 3.8) is 0 Å². The Balaban J connectivity index is 1.83. The summed E-state index contributed by atoms with van der Waals surface area (Å²) in [6.45, 7) is 4.67. The standard InChI is InChI=1S/C15H26N2O4/c1-2-21-15(19)13-5-3-4-8-17(13)11-14(18)16-12-6-9-20-10-7-12/h12-13H,2-11H2,1H3,(H,16,18). The zero-order valence-electron chi connectivity index (χ0n) is 12.8. The minimum absolute atomic E-state index is 0.00176. The number of hydrogen-bond acceptors (Lipinski definition) is 5. The van der Waals surface area contributed by atoms with E-state index in [-0.39, 0.29) is 30.5 Å². The number of carbonyl (C=O) groups is 2. The molecule has 0 bridgehead atoms. The molecule has 0 aromatic rings. The van der Waals surface area contributed by atoms with E-state index >= 15 is 0 Å².